The predicted molar refractivity (Wildman–Crippen MR) is 72.2 cm³/mol. The van der Waals surface area contributed by atoms with Crippen molar-refractivity contribution in [3.05, 3.63) is 32.8 Å². The number of halogens is 3. The molecule has 0 amide bonds. The summed E-state index contributed by atoms with van der Waals surface area (Å²) >= 11 is 18.1. The molecule has 0 fully saturated rings. The Labute approximate surface area is 116 Å². The lowest BCUT2D eigenvalue weighted by molar-refractivity contribution is 0.0227. The van der Waals surface area contributed by atoms with E-state index >= 15 is 0 Å². The van der Waals surface area contributed by atoms with E-state index in [4.69, 9.17) is 34.8 Å². The van der Waals surface area contributed by atoms with Crippen molar-refractivity contribution in [2.75, 3.05) is 0 Å². The molecule has 0 saturated carbocycles. The standard InChI is InChI=1S/C12H15Cl3O2/c1-6(5-10(17)7(2)16)11-8(13)3-4-9(14)12(11)15/h3-4,6-7,10,16-17H,5H2,1-2H3. The summed E-state index contributed by atoms with van der Waals surface area (Å²) in [5, 5.41) is 20.3. The van der Waals surface area contributed by atoms with Gasteiger partial charge in [0.15, 0.2) is 0 Å². The Kier molecular flexibility index (Phi) is 5.55. The number of aliphatic hydroxyl groups is 2. The first-order valence-electron chi connectivity index (χ1n) is 5.34. The van der Waals surface area contributed by atoms with Crippen molar-refractivity contribution in [3.8, 4) is 0 Å². The zero-order valence-corrected chi connectivity index (χ0v) is 11.9. The third kappa shape index (κ3) is 3.73. The van der Waals surface area contributed by atoms with Gasteiger partial charge in [0.25, 0.3) is 0 Å². The Balaban J connectivity index is 2.96. The highest BCUT2D eigenvalue weighted by Gasteiger charge is 2.21. The van der Waals surface area contributed by atoms with Gasteiger partial charge in [0.05, 0.1) is 22.3 Å². The minimum absolute atomic E-state index is 0.0849. The lowest BCUT2D eigenvalue weighted by Gasteiger charge is -2.21. The van der Waals surface area contributed by atoms with Crippen LogP contribution < -0.4 is 0 Å². The highest BCUT2D eigenvalue weighted by atomic mass is 35.5. The van der Waals surface area contributed by atoms with E-state index in [9.17, 15) is 10.2 Å². The van der Waals surface area contributed by atoms with Crippen LogP contribution in [0.3, 0.4) is 0 Å². The van der Waals surface area contributed by atoms with E-state index in [0.29, 0.717) is 27.1 Å². The van der Waals surface area contributed by atoms with Crippen LogP contribution in [0.1, 0.15) is 31.7 Å². The molecule has 0 bridgehead atoms. The number of hydrogen-bond donors (Lipinski definition) is 2. The van der Waals surface area contributed by atoms with Crippen LogP contribution >= 0.6 is 34.8 Å². The van der Waals surface area contributed by atoms with Gasteiger partial charge in [-0.2, -0.15) is 0 Å². The van der Waals surface area contributed by atoms with Crippen molar-refractivity contribution >= 4 is 34.8 Å². The second-order valence-corrected chi connectivity index (χ2v) is 5.39. The molecule has 0 radical (unpaired) electrons. The molecule has 0 aliphatic rings. The average molecular weight is 298 g/mol. The molecule has 5 heteroatoms. The lowest BCUT2D eigenvalue weighted by atomic mass is 9.93. The number of aliphatic hydroxyl groups excluding tert-OH is 2. The van der Waals surface area contributed by atoms with E-state index in [2.05, 4.69) is 0 Å². The van der Waals surface area contributed by atoms with Crippen LogP contribution in [0.5, 0.6) is 0 Å². The number of rotatable bonds is 4. The van der Waals surface area contributed by atoms with Gasteiger partial charge in [0.2, 0.25) is 0 Å². The number of benzene rings is 1. The van der Waals surface area contributed by atoms with Crippen molar-refractivity contribution in [1.82, 2.24) is 0 Å². The Bertz CT molecular complexity index is 394. The van der Waals surface area contributed by atoms with Crippen LogP contribution in [0, 0.1) is 0 Å². The summed E-state index contributed by atoms with van der Waals surface area (Å²) in [6.45, 7) is 3.42. The summed E-state index contributed by atoms with van der Waals surface area (Å²) < 4.78 is 0. The number of hydrogen-bond acceptors (Lipinski definition) is 2. The molecule has 0 saturated heterocycles. The molecule has 0 aliphatic carbocycles. The second kappa shape index (κ2) is 6.26. The molecule has 3 atom stereocenters. The van der Waals surface area contributed by atoms with Crippen molar-refractivity contribution in [2.24, 2.45) is 0 Å². The van der Waals surface area contributed by atoms with Gasteiger partial charge < -0.3 is 10.2 Å². The molecule has 17 heavy (non-hydrogen) atoms. The van der Waals surface area contributed by atoms with E-state index in [1.165, 1.54) is 0 Å². The largest absolute Gasteiger partial charge is 0.391 e. The highest BCUT2D eigenvalue weighted by Crippen LogP contribution is 2.38. The fourth-order valence-electron chi connectivity index (χ4n) is 1.67. The second-order valence-electron chi connectivity index (χ2n) is 4.20. The van der Waals surface area contributed by atoms with Crippen LogP contribution in [0.25, 0.3) is 0 Å². The minimum Gasteiger partial charge on any atom is -0.391 e. The van der Waals surface area contributed by atoms with Gasteiger partial charge in [-0.1, -0.05) is 41.7 Å². The SMILES string of the molecule is CC(CC(O)C(C)O)c1c(Cl)ccc(Cl)c1Cl. The molecule has 2 nitrogen and oxygen atoms in total. The lowest BCUT2D eigenvalue weighted by Crippen LogP contribution is -2.24. The molecule has 0 spiro atoms. The highest BCUT2D eigenvalue weighted by molar-refractivity contribution is 6.44. The van der Waals surface area contributed by atoms with Gasteiger partial charge in [0.1, 0.15) is 0 Å². The summed E-state index contributed by atoms with van der Waals surface area (Å²) in [5.41, 5.74) is 0.709. The van der Waals surface area contributed by atoms with E-state index < -0.39 is 12.2 Å². The molecular weight excluding hydrogens is 282 g/mol. The van der Waals surface area contributed by atoms with Crippen molar-refractivity contribution in [3.63, 3.8) is 0 Å². The quantitative estimate of drug-likeness (QED) is 0.828. The summed E-state index contributed by atoms with van der Waals surface area (Å²) in [4.78, 5) is 0. The summed E-state index contributed by atoms with van der Waals surface area (Å²) in [6, 6.07) is 3.31. The van der Waals surface area contributed by atoms with Crippen LogP contribution in [0.15, 0.2) is 12.1 Å². The third-order valence-corrected chi connectivity index (χ3v) is 3.87. The molecule has 3 unspecified atom stereocenters. The van der Waals surface area contributed by atoms with Crippen molar-refractivity contribution in [2.45, 2.75) is 38.4 Å². The van der Waals surface area contributed by atoms with Gasteiger partial charge in [0, 0.05) is 5.02 Å². The normalized spacial score (nSPS) is 16.6. The first-order chi connectivity index (χ1) is 7.84. The van der Waals surface area contributed by atoms with E-state index in [1.54, 1.807) is 19.1 Å². The van der Waals surface area contributed by atoms with E-state index in [1.807, 2.05) is 6.92 Å². The first-order valence-corrected chi connectivity index (χ1v) is 6.47. The maximum Gasteiger partial charge on any atom is 0.0802 e. The monoisotopic (exact) mass is 296 g/mol. The molecule has 1 rings (SSSR count). The Hall–Kier alpha value is 0.01000. The zero-order valence-electron chi connectivity index (χ0n) is 9.62. The van der Waals surface area contributed by atoms with E-state index in [0.717, 1.165) is 0 Å². The minimum atomic E-state index is -0.809. The molecule has 2 N–H and O–H groups in total. The first kappa shape index (κ1) is 15.1. The Morgan fingerprint density at radius 2 is 1.59 bits per heavy atom. The summed E-state index contributed by atoms with van der Waals surface area (Å²) in [7, 11) is 0. The maximum absolute atomic E-state index is 9.64. The molecule has 0 heterocycles. The molecule has 96 valence electrons. The van der Waals surface area contributed by atoms with Crippen molar-refractivity contribution < 1.29 is 10.2 Å². The summed E-state index contributed by atoms with van der Waals surface area (Å²) in [6.07, 6.45) is -1.22. The topological polar surface area (TPSA) is 40.5 Å². The van der Waals surface area contributed by atoms with Crippen LogP contribution in [0.2, 0.25) is 15.1 Å². The van der Waals surface area contributed by atoms with Crippen molar-refractivity contribution in [1.29, 1.82) is 0 Å². The van der Waals surface area contributed by atoms with Gasteiger partial charge in [-0.05, 0) is 37.0 Å². The van der Waals surface area contributed by atoms with E-state index in [-0.39, 0.29) is 5.92 Å². The van der Waals surface area contributed by atoms with Gasteiger partial charge in [-0.3, -0.25) is 0 Å². The molecular formula is C12H15Cl3O2. The summed E-state index contributed by atoms with van der Waals surface area (Å²) in [5.74, 6) is -0.0849. The van der Waals surface area contributed by atoms with Gasteiger partial charge >= 0.3 is 0 Å². The fourth-order valence-corrected chi connectivity index (χ4v) is 2.58. The smallest absolute Gasteiger partial charge is 0.0802 e. The Morgan fingerprint density at radius 3 is 2.12 bits per heavy atom. The fraction of sp³-hybridized carbons (Fsp3) is 0.500. The van der Waals surface area contributed by atoms with Gasteiger partial charge in [-0.15, -0.1) is 0 Å². The van der Waals surface area contributed by atoms with Crippen LogP contribution in [0.4, 0.5) is 0 Å². The van der Waals surface area contributed by atoms with Crippen LogP contribution in [-0.2, 0) is 0 Å². The maximum atomic E-state index is 9.64. The zero-order chi connectivity index (χ0) is 13.2. The molecule has 0 aliphatic heterocycles. The molecule has 1 aromatic rings. The molecule has 1 aromatic carbocycles. The average Bonchev–Trinajstić information content (AvgIpc) is 2.24. The Morgan fingerprint density at radius 1 is 1.06 bits per heavy atom. The third-order valence-electron chi connectivity index (χ3n) is 2.72. The molecule has 0 aromatic heterocycles. The predicted octanol–water partition coefficient (Wildman–Crippen LogP) is 3.88. The van der Waals surface area contributed by atoms with Gasteiger partial charge in [-0.25, -0.2) is 0 Å². The van der Waals surface area contributed by atoms with Crippen LogP contribution in [-0.4, -0.2) is 22.4 Å².